The highest BCUT2D eigenvalue weighted by Gasteiger charge is 2.32. The van der Waals surface area contributed by atoms with E-state index >= 15 is 0 Å². The number of nitro benzene ring substituents is 1. The van der Waals surface area contributed by atoms with Gasteiger partial charge in [0, 0.05) is 24.8 Å². The monoisotopic (exact) mass is 426 g/mol. The van der Waals surface area contributed by atoms with Crippen molar-refractivity contribution in [3.8, 4) is 5.75 Å². The molecule has 0 spiro atoms. The molecule has 0 radical (unpaired) electrons. The zero-order valence-corrected chi connectivity index (χ0v) is 17.7. The number of nitro groups is 1. The number of hydrogen-bond donors (Lipinski definition) is 1. The van der Waals surface area contributed by atoms with Gasteiger partial charge in [-0.05, 0) is 36.5 Å². The summed E-state index contributed by atoms with van der Waals surface area (Å²) in [5.74, 6) is -0.425. The molecular weight excluding hydrogens is 400 g/mol. The third kappa shape index (κ3) is 4.93. The predicted molar refractivity (Wildman–Crippen MR) is 116 cm³/mol. The van der Waals surface area contributed by atoms with E-state index in [-0.39, 0.29) is 17.5 Å². The molecule has 164 valence electrons. The molecule has 3 rings (SSSR count). The average Bonchev–Trinajstić information content (AvgIpc) is 3.28. The van der Waals surface area contributed by atoms with Gasteiger partial charge in [-0.25, -0.2) is 14.8 Å². The number of carbonyl (C=O) groups excluding carboxylic acids is 2. The number of nitrogens with zero attached hydrogens (tertiary/aromatic N) is 3. The summed E-state index contributed by atoms with van der Waals surface area (Å²) in [5, 5.41) is 16.8. The molecule has 0 atom stereocenters. The third-order valence-electron chi connectivity index (χ3n) is 5.20. The summed E-state index contributed by atoms with van der Waals surface area (Å²) >= 11 is 0. The van der Waals surface area contributed by atoms with Gasteiger partial charge in [0.25, 0.3) is 5.91 Å². The number of benzene rings is 2. The smallest absolute Gasteiger partial charge is 0.340 e. The lowest BCUT2D eigenvalue weighted by molar-refractivity contribution is -0.385. The summed E-state index contributed by atoms with van der Waals surface area (Å²) in [6.07, 6.45) is 2.19. The maximum atomic E-state index is 13.0. The quantitative estimate of drug-likeness (QED) is 0.536. The Morgan fingerprint density at radius 2 is 1.68 bits per heavy atom. The van der Waals surface area contributed by atoms with E-state index in [0.717, 1.165) is 29.7 Å². The van der Waals surface area contributed by atoms with Crippen LogP contribution in [0.15, 0.2) is 42.5 Å². The molecule has 31 heavy (non-hydrogen) atoms. The van der Waals surface area contributed by atoms with Gasteiger partial charge >= 0.3 is 11.7 Å². The molecule has 9 heteroatoms. The second-order valence-electron chi connectivity index (χ2n) is 7.10. The van der Waals surface area contributed by atoms with Crippen molar-refractivity contribution in [3.05, 3.63) is 63.7 Å². The van der Waals surface area contributed by atoms with E-state index < -0.39 is 17.4 Å². The minimum absolute atomic E-state index is 0.0144. The molecule has 1 saturated heterocycles. The Morgan fingerprint density at radius 3 is 2.32 bits per heavy atom. The van der Waals surface area contributed by atoms with E-state index in [1.807, 2.05) is 32.0 Å². The fourth-order valence-electron chi connectivity index (χ4n) is 3.60. The SMILES string of the molecule is CCc1cccc(CC)c1NC(=O)N1CCCN1C(=O)COc1ccccc1[N+](=O)[O-]. The Kier molecular flexibility index (Phi) is 7.07. The van der Waals surface area contributed by atoms with Crippen LogP contribution < -0.4 is 10.1 Å². The molecule has 2 aromatic rings. The highest BCUT2D eigenvalue weighted by atomic mass is 16.6. The molecule has 9 nitrogen and oxygen atoms in total. The number of hydrazine groups is 1. The molecule has 1 aliphatic heterocycles. The van der Waals surface area contributed by atoms with Crippen molar-refractivity contribution in [2.45, 2.75) is 33.1 Å². The van der Waals surface area contributed by atoms with Gasteiger partial charge in [0.15, 0.2) is 12.4 Å². The third-order valence-corrected chi connectivity index (χ3v) is 5.20. The molecule has 1 heterocycles. The number of aryl methyl sites for hydroxylation is 2. The van der Waals surface area contributed by atoms with Crippen LogP contribution in [-0.2, 0) is 17.6 Å². The van der Waals surface area contributed by atoms with Crippen molar-refractivity contribution in [3.63, 3.8) is 0 Å². The Balaban J connectivity index is 1.69. The number of amides is 3. The topological polar surface area (TPSA) is 105 Å². The molecule has 2 aromatic carbocycles. The van der Waals surface area contributed by atoms with Crippen molar-refractivity contribution in [2.24, 2.45) is 0 Å². The highest BCUT2D eigenvalue weighted by Crippen LogP contribution is 2.26. The zero-order valence-electron chi connectivity index (χ0n) is 17.7. The van der Waals surface area contributed by atoms with Gasteiger partial charge in [0.1, 0.15) is 0 Å². The van der Waals surface area contributed by atoms with Gasteiger partial charge in [0.05, 0.1) is 4.92 Å². The van der Waals surface area contributed by atoms with E-state index in [1.54, 1.807) is 6.07 Å². The lowest BCUT2D eigenvalue weighted by atomic mass is 10.0. The lowest BCUT2D eigenvalue weighted by Crippen LogP contribution is -2.48. The molecule has 3 amide bonds. The summed E-state index contributed by atoms with van der Waals surface area (Å²) in [5.41, 5.74) is 2.64. The molecule has 1 N–H and O–H groups in total. The normalized spacial score (nSPS) is 13.2. The molecule has 0 aromatic heterocycles. The molecule has 0 bridgehead atoms. The standard InChI is InChI=1S/C22H26N4O5/c1-3-16-9-7-10-17(4-2)21(16)23-22(28)25-14-8-13-24(25)20(27)15-31-19-12-6-5-11-18(19)26(29)30/h5-7,9-12H,3-4,8,13-15H2,1-2H3,(H,23,28). The van der Waals surface area contributed by atoms with Crippen molar-refractivity contribution >= 4 is 23.3 Å². The second kappa shape index (κ2) is 9.92. The van der Waals surface area contributed by atoms with Gasteiger partial charge in [0.2, 0.25) is 0 Å². The van der Waals surface area contributed by atoms with Crippen molar-refractivity contribution in [2.75, 3.05) is 25.0 Å². The minimum Gasteiger partial charge on any atom is -0.477 e. The van der Waals surface area contributed by atoms with E-state index in [9.17, 15) is 19.7 Å². The van der Waals surface area contributed by atoms with Gasteiger partial charge in [-0.3, -0.25) is 14.9 Å². The minimum atomic E-state index is -0.564. The van der Waals surface area contributed by atoms with Gasteiger partial charge in [-0.2, -0.15) is 0 Å². The number of nitrogens with one attached hydrogen (secondary N) is 1. The second-order valence-corrected chi connectivity index (χ2v) is 7.10. The van der Waals surface area contributed by atoms with Gasteiger partial charge < -0.3 is 10.1 Å². The van der Waals surface area contributed by atoms with E-state index in [1.165, 1.54) is 28.2 Å². The molecule has 0 saturated carbocycles. The van der Waals surface area contributed by atoms with Crippen molar-refractivity contribution < 1.29 is 19.2 Å². The van der Waals surface area contributed by atoms with Crippen LogP contribution in [0, 0.1) is 10.1 Å². The Morgan fingerprint density at radius 1 is 1.03 bits per heavy atom. The first kappa shape index (κ1) is 22.1. The summed E-state index contributed by atoms with van der Waals surface area (Å²) in [7, 11) is 0. The van der Waals surface area contributed by atoms with Crippen LogP contribution in [0.25, 0.3) is 0 Å². The molecule has 1 fully saturated rings. The fraction of sp³-hybridized carbons (Fsp3) is 0.364. The van der Waals surface area contributed by atoms with E-state index in [0.29, 0.717) is 19.5 Å². The fourth-order valence-corrected chi connectivity index (χ4v) is 3.60. The molecule has 0 unspecified atom stereocenters. The maximum absolute atomic E-state index is 13.0. The van der Waals surface area contributed by atoms with Gasteiger partial charge in [-0.15, -0.1) is 0 Å². The predicted octanol–water partition coefficient (Wildman–Crippen LogP) is 3.78. The Labute approximate surface area is 180 Å². The van der Waals surface area contributed by atoms with Crippen LogP contribution in [0.2, 0.25) is 0 Å². The molecule has 1 aliphatic rings. The van der Waals surface area contributed by atoms with Crippen LogP contribution in [0.5, 0.6) is 5.75 Å². The number of hydrogen-bond acceptors (Lipinski definition) is 5. The first-order chi connectivity index (χ1) is 15.0. The summed E-state index contributed by atoms with van der Waals surface area (Å²) < 4.78 is 5.40. The number of rotatable bonds is 7. The number of carbonyl (C=O) groups is 2. The summed E-state index contributed by atoms with van der Waals surface area (Å²) in [6, 6.07) is 11.4. The molecular formula is C22H26N4O5. The summed E-state index contributed by atoms with van der Waals surface area (Å²) in [4.78, 5) is 36.2. The van der Waals surface area contributed by atoms with Crippen LogP contribution in [-0.4, -0.2) is 46.6 Å². The van der Waals surface area contributed by atoms with E-state index in [2.05, 4.69) is 5.32 Å². The highest BCUT2D eigenvalue weighted by molar-refractivity contribution is 5.93. The Hall–Kier alpha value is -3.62. The number of para-hydroxylation sites is 3. The van der Waals surface area contributed by atoms with Crippen LogP contribution >= 0.6 is 0 Å². The average molecular weight is 426 g/mol. The number of urea groups is 1. The lowest BCUT2D eigenvalue weighted by Gasteiger charge is -2.28. The van der Waals surface area contributed by atoms with Crippen molar-refractivity contribution in [1.29, 1.82) is 0 Å². The maximum Gasteiger partial charge on any atom is 0.340 e. The largest absolute Gasteiger partial charge is 0.477 e. The van der Waals surface area contributed by atoms with Gasteiger partial charge in [-0.1, -0.05) is 44.2 Å². The molecule has 0 aliphatic carbocycles. The zero-order chi connectivity index (χ0) is 22.4. The number of ether oxygens (including phenoxy) is 1. The van der Waals surface area contributed by atoms with Crippen molar-refractivity contribution in [1.82, 2.24) is 10.0 Å². The van der Waals surface area contributed by atoms with Crippen LogP contribution in [0.4, 0.5) is 16.2 Å². The first-order valence-electron chi connectivity index (χ1n) is 10.3. The summed E-state index contributed by atoms with van der Waals surface area (Å²) in [6.45, 7) is 4.42. The van der Waals surface area contributed by atoms with Crippen LogP contribution in [0.1, 0.15) is 31.4 Å². The first-order valence-corrected chi connectivity index (χ1v) is 10.3. The van der Waals surface area contributed by atoms with E-state index in [4.69, 9.17) is 4.74 Å². The van der Waals surface area contributed by atoms with Crippen LogP contribution in [0.3, 0.4) is 0 Å². The number of anilines is 1. The Bertz CT molecular complexity index is 956.